The van der Waals surface area contributed by atoms with Gasteiger partial charge in [0.1, 0.15) is 14.9 Å². The minimum atomic E-state index is -0.440. The molecule has 1 aliphatic carbocycles. The first-order valence-corrected chi connectivity index (χ1v) is 12.0. The smallest absolute Gasteiger partial charge is 0.105 e. The van der Waals surface area contributed by atoms with E-state index < -0.39 is 9.52 Å². The molecule has 1 nitrogen and oxygen atoms in total. The predicted octanol–water partition coefficient (Wildman–Crippen LogP) is 5.22. The van der Waals surface area contributed by atoms with Crippen molar-refractivity contribution in [1.82, 2.24) is 0 Å². The number of benzene rings is 1. The highest BCUT2D eigenvalue weighted by Gasteiger charge is 2.44. The van der Waals surface area contributed by atoms with E-state index in [2.05, 4.69) is 37.3 Å². The molecule has 24 heavy (non-hydrogen) atoms. The van der Waals surface area contributed by atoms with Gasteiger partial charge in [-0.25, -0.2) is 0 Å². The third kappa shape index (κ3) is 4.01. The molecule has 2 fully saturated rings. The Labute approximate surface area is 150 Å². The molecule has 0 N–H and O–H groups in total. The largest absolute Gasteiger partial charge is 0.306 e. The molecule has 1 unspecified atom stereocenters. The number of unbranched alkanes of at least 4 members (excludes halogenated alkanes) is 2. The van der Waals surface area contributed by atoms with Gasteiger partial charge in [-0.15, -0.1) is 0 Å². The molecule has 2 aliphatic rings. The maximum absolute atomic E-state index is 12.4. The van der Waals surface area contributed by atoms with E-state index in [0.29, 0.717) is 5.41 Å². The summed E-state index contributed by atoms with van der Waals surface area (Å²) in [6.07, 6.45) is 13.2. The SMILES string of the molecule is CCCCCC1CCC(C2(c3ccccc3)CC[SiH2]C(=O)C2)CC1. The molecule has 1 saturated heterocycles. The van der Waals surface area contributed by atoms with Crippen molar-refractivity contribution >= 4 is 14.9 Å². The van der Waals surface area contributed by atoms with Crippen molar-refractivity contribution in [1.29, 1.82) is 0 Å². The summed E-state index contributed by atoms with van der Waals surface area (Å²) in [5.41, 5.74) is 1.64. The van der Waals surface area contributed by atoms with Gasteiger partial charge in [-0.05, 0) is 36.7 Å². The van der Waals surface area contributed by atoms with Crippen molar-refractivity contribution in [2.75, 3.05) is 0 Å². The van der Waals surface area contributed by atoms with E-state index in [0.717, 1.165) is 18.3 Å². The van der Waals surface area contributed by atoms with Gasteiger partial charge in [0.2, 0.25) is 0 Å². The number of carbonyl (C=O) groups is 1. The molecule has 0 aromatic heterocycles. The first-order valence-electron chi connectivity index (χ1n) is 10.3. The lowest BCUT2D eigenvalue weighted by molar-refractivity contribution is -0.114. The summed E-state index contributed by atoms with van der Waals surface area (Å²) in [4.78, 5) is 12.4. The molecule has 2 heteroatoms. The number of rotatable bonds is 6. The monoisotopic (exact) mass is 342 g/mol. The maximum atomic E-state index is 12.4. The van der Waals surface area contributed by atoms with E-state index in [1.807, 2.05) is 0 Å². The van der Waals surface area contributed by atoms with Gasteiger partial charge < -0.3 is 4.79 Å². The second-order valence-corrected chi connectivity index (χ2v) is 10.3. The Morgan fingerprint density at radius 1 is 1.08 bits per heavy atom. The van der Waals surface area contributed by atoms with Gasteiger partial charge in [0.25, 0.3) is 0 Å². The molecule has 1 heterocycles. The van der Waals surface area contributed by atoms with Crippen LogP contribution >= 0.6 is 0 Å². The molecule has 0 spiro atoms. The van der Waals surface area contributed by atoms with Crippen LogP contribution in [0.2, 0.25) is 6.04 Å². The molecule has 0 amide bonds. The number of carbonyl (C=O) groups excluding carboxylic acids is 1. The van der Waals surface area contributed by atoms with Crippen molar-refractivity contribution in [3.8, 4) is 0 Å². The van der Waals surface area contributed by atoms with Gasteiger partial charge in [-0.3, -0.25) is 0 Å². The Balaban J connectivity index is 1.70. The standard InChI is InChI=1S/C22H34OSi/c1-2-3-5-8-18-11-13-20(14-12-18)22(15-16-24-21(23)17-22)19-9-6-4-7-10-19/h4,6-7,9-10,18,20H,2-3,5,8,11-17,24H2,1H3. The van der Waals surface area contributed by atoms with Crippen LogP contribution in [0.15, 0.2) is 30.3 Å². The van der Waals surface area contributed by atoms with Crippen LogP contribution in [0.5, 0.6) is 0 Å². The molecule has 1 aromatic rings. The minimum Gasteiger partial charge on any atom is -0.306 e. The zero-order chi connectivity index (χ0) is 16.8. The second kappa shape index (κ2) is 8.47. The summed E-state index contributed by atoms with van der Waals surface area (Å²) in [6, 6.07) is 12.3. The van der Waals surface area contributed by atoms with Crippen molar-refractivity contribution < 1.29 is 4.79 Å². The highest BCUT2D eigenvalue weighted by molar-refractivity contribution is 6.74. The molecule has 1 aromatic carbocycles. The first kappa shape index (κ1) is 17.9. The van der Waals surface area contributed by atoms with Crippen LogP contribution in [-0.4, -0.2) is 14.9 Å². The van der Waals surface area contributed by atoms with E-state index in [9.17, 15) is 4.79 Å². The van der Waals surface area contributed by atoms with E-state index >= 15 is 0 Å². The normalized spacial score (nSPS) is 32.1. The fourth-order valence-electron chi connectivity index (χ4n) is 5.42. The summed E-state index contributed by atoms with van der Waals surface area (Å²) in [5, 5.41) is 0.634. The van der Waals surface area contributed by atoms with Crippen molar-refractivity contribution in [2.45, 2.75) is 82.6 Å². The van der Waals surface area contributed by atoms with Crippen LogP contribution in [0.4, 0.5) is 0 Å². The molecular formula is C22H34OSi. The van der Waals surface area contributed by atoms with E-state index in [1.54, 1.807) is 0 Å². The average Bonchev–Trinajstić information content (AvgIpc) is 2.63. The molecule has 132 valence electrons. The molecule has 1 saturated carbocycles. The van der Waals surface area contributed by atoms with Crippen LogP contribution < -0.4 is 0 Å². The molecule has 3 rings (SSSR count). The summed E-state index contributed by atoms with van der Waals surface area (Å²) >= 11 is 0. The fourth-order valence-corrected chi connectivity index (χ4v) is 7.24. The third-order valence-electron chi connectivity index (χ3n) is 6.78. The zero-order valence-corrected chi connectivity index (χ0v) is 16.8. The van der Waals surface area contributed by atoms with Gasteiger partial charge in [0.15, 0.2) is 0 Å². The third-order valence-corrected chi connectivity index (χ3v) is 8.30. The molecular weight excluding hydrogens is 308 g/mol. The lowest BCUT2D eigenvalue weighted by atomic mass is 9.60. The minimum absolute atomic E-state index is 0.179. The van der Waals surface area contributed by atoms with Gasteiger partial charge in [0.05, 0.1) is 0 Å². The fraction of sp³-hybridized carbons (Fsp3) is 0.682. The second-order valence-electron chi connectivity index (χ2n) is 8.30. The van der Waals surface area contributed by atoms with Gasteiger partial charge >= 0.3 is 0 Å². The summed E-state index contributed by atoms with van der Waals surface area (Å²) in [6.45, 7) is 2.30. The van der Waals surface area contributed by atoms with Gasteiger partial charge in [0, 0.05) is 11.8 Å². The Morgan fingerprint density at radius 2 is 1.83 bits per heavy atom. The topological polar surface area (TPSA) is 17.1 Å². The van der Waals surface area contributed by atoms with Gasteiger partial charge in [-0.2, -0.15) is 0 Å². The van der Waals surface area contributed by atoms with Crippen molar-refractivity contribution in [3.63, 3.8) is 0 Å². The van der Waals surface area contributed by atoms with Crippen LogP contribution in [0.3, 0.4) is 0 Å². The lowest BCUT2D eigenvalue weighted by Crippen LogP contribution is -2.43. The average molecular weight is 343 g/mol. The Bertz CT molecular complexity index is 518. The van der Waals surface area contributed by atoms with E-state index in [4.69, 9.17) is 0 Å². The van der Waals surface area contributed by atoms with Crippen LogP contribution in [0.1, 0.15) is 76.7 Å². The van der Waals surface area contributed by atoms with Crippen LogP contribution in [0, 0.1) is 11.8 Å². The van der Waals surface area contributed by atoms with Gasteiger partial charge in [-0.1, -0.05) is 81.8 Å². The quantitative estimate of drug-likeness (QED) is 0.512. The van der Waals surface area contributed by atoms with Crippen molar-refractivity contribution in [3.05, 3.63) is 35.9 Å². The van der Waals surface area contributed by atoms with Crippen LogP contribution in [0.25, 0.3) is 0 Å². The number of hydrogen-bond acceptors (Lipinski definition) is 1. The summed E-state index contributed by atoms with van der Waals surface area (Å²) < 4.78 is 0. The van der Waals surface area contributed by atoms with Crippen molar-refractivity contribution in [2.24, 2.45) is 11.8 Å². The predicted molar refractivity (Wildman–Crippen MR) is 105 cm³/mol. The lowest BCUT2D eigenvalue weighted by Gasteiger charge is -2.46. The molecule has 1 atom stereocenters. The highest BCUT2D eigenvalue weighted by atomic mass is 28.2. The van der Waals surface area contributed by atoms with E-state index in [1.165, 1.54) is 69.4 Å². The Hall–Kier alpha value is -0.893. The molecule has 1 aliphatic heterocycles. The maximum Gasteiger partial charge on any atom is 0.105 e. The van der Waals surface area contributed by atoms with Crippen LogP contribution in [-0.2, 0) is 10.2 Å². The van der Waals surface area contributed by atoms with E-state index in [-0.39, 0.29) is 5.41 Å². The number of hydrogen-bond donors (Lipinski definition) is 0. The Kier molecular flexibility index (Phi) is 6.32. The molecule has 0 bridgehead atoms. The zero-order valence-electron chi connectivity index (χ0n) is 15.4. The Morgan fingerprint density at radius 3 is 2.50 bits per heavy atom. The first-order chi connectivity index (χ1) is 11.7. The summed E-state index contributed by atoms with van der Waals surface area (Å²) in [7, 11) is -0.440. The highest BCUT2D eigenvalue weighted by Crippen LogP contribution is 2.49. The molecule has 0 radical (unpaired) electrons. The summed E-state index contributed by atoms with van der Waals surface area (Å²) in [5.74, 6) is 1.69.